The van der Waals surface area contributed by atoms with E-state index in [0.717, 1.165) is 11.1 Å². The molecule has 1 aliphatic heterocycles. The van der Waals surface area contributed by atoms with Gasteiger partial charge in [0, 0.05) is 47.8 Å². The average molecular weight is 540 g/mol. The van der Waals surface area contributed by atoms with E-state index < -0.39 is 17.2 Å². The van der Waals surface area contributed by atoms with Crippen molar-refractivity contribution >= 4 is 45.7 Å². The topological polar surface area (TPSA) is 63.6 Å². The molecule has 5 rings (SSSR count). The highest BCUT2D eigenvalue weighted by atomic mass is 35.5. The third-order valence-electron chi connectivity index (χ3n) is 6.38. The van der Waals surface area contributed by atoms with Gasteiger partial charge in [0.1, 0.15) is 11.4 Å². The lowest BCUT2D eigenvalue weighted by atomic mass is 10.1. The number of pyridine rings is 1. The first kappa shape index (κ1) is 25.3. The zero-order chi connectivity index (χ0) is 25.9. The Balaban J connectivity index is 1.56. The molecule has 0 spiro atoms. The normalized spacial score (nSPS) is 13.6. The van der Waals surface area contributed by atoms with Crippen molar-refractivity contribution in [2.24, 2.45) is 0 Å². The third kappa shape index (κ3) is 5.64. The number of morpholine rings is 1. The molecule has 6 nitrogen and oxygen atoms in total. The molecule has 1 saturated heterocycles. The Bertz CT molecular complexity index is 1500. The summed E-state index contributed by atoms with van der Waals surface area (Å²) in [5.74, 6) is -1.05. The first-order valence-electron chi connectivity index (χ1n) is 11.9. The van der Waals surface area contributed by atoms with Crippen LogP contribution in [0.2, 0.25) is 10.0 Å². The Morgan fingerprint density at radius 2 is 1.57 bits per heavy atom. The summed E-state index contributed by atoms with van der Waals surface area (Å²) in [6.07, 6.45) is 1.54. The predicted molar refractivity (Wildman–Crippen MR) is 144 cm³/mol. The van der Waals surface area contributed by atoms with Crippen LogP contribution in [0.5, 0.6) is 0 Å². The molecular weight excluding hydrogens is 516 g/mol. The largest absolute Gasteiger partial charge is 0.378 e. The first-order valence-corrected chi connectivity index (χ1v) is 12.6. The lowest BCUT2D eigenvalue weighted by molar-refractivity contribution is 0.0949. The van der Waals surface area contributed by atoms with Gasteiger partial charge in [-0.15, -0.1) is 0 Å². The van der Waals surface area contributed by atoms with Gasteiger partial charge in [-0.1, -0.05) is 47.5 Å². The van der Waals surface area contributed by atoms with Crippen LogP contribution >= 0.6 is 23.2 Å². The number of carbonyl (C=O) groups is 1. The second kappa shape index (κ2) is 10.9. The molecule has 37 heavy (non-hydrogen) atoms. The van der Waals surface area contributed by atoms with Crippen LogP contribution in [0.25, 0.3) is 10.9 Å². The number of nitrogens with one attached hydrogen (secondary N) is 1. The number of aromatic nitrogens is 1. The highest BCUT2D eigenvalue weighted by Crippen LogP contribution is 2.27. The van der Waals surface area contributed by atoms with E-state index in [1.807, 2.05) is 17.0 Å². The quantitative estimate of drug-likeness (QED) is 0.363. The number of halogens is 3. The fraction of sp³-hybridized carbons (Fsp3) is 0.214. The fourth-order valence-electron chi connectivity index (χ4n) is 4.40. The van der Waals surface area contributed by atoms with E-state index in [2.05, 4.69) is 5.32 Å². The van der Waals surface area contributed by atoms with E-state index in [1.54, 1.807) is 47.0 Å². The third-order valence-corrected chi connectivity index (χ3v) is 6.88. The lowest BCUT2D eigenvalue weighted by Crippen LogP contribution is -2.37. The fourth-order valence-corrected chi connectivity index (χ4v) is 4.66. The number of hydrogen-bond donors (Lipinski definition) is 1. The van der Waals surface area contributed by atoms with Crippen LogP contribution in [0.1, 0.15) is 21.5 Å². The monoisotopic (exact) mass is 539 g/mol. The smallest absolute Gasteiger partial charge is 0.257 e. The van der Waals surface area contributed by atoms with Crippen LogP contribution in [-0.4, -0.2) is 36.8 Å². The molecule has 1 aromatic heterocycles. The number of benzene rings is 3. The number of hydrogen-bond acceptors (Lipinski definition) is 4. The summed E-state index contributed by atoms with van der Waals surface area (Å²) < 4.78 is 22.5. The molecule has 0 bridgehead atoms. The molecule has 1 N–H and O–H groups in total. The second-order valence-electron chi connectivity index (χ2n) is 8.86. The standard InChI is InChI=1S/C28H24Cl2FN3O3/c29-20-5-1-18(2-6-20)15-32-28(36)23-17-34(16-19-3-7-21(30)8-4-19)25-14-26(33-9-11-37-12-10-33)24(31)13-22(25)27(23)35/h1-8,13-14,17H,9-12,15-16H2,(H,32,36). The minimum absolute atomic E-state index is 0.0612. The maximum absolute atomic E-state index is 15.3. The highest BCUT2D eigenvalue weighted by molar-refractivity contribution is 6.30. The van der Waals surface area contributed by atoms with E-state index in [1.165, 1.54) is 12.3 Å². The lowest BCUT2D eigenvalue weighted by Gasteiger charge is -2.29. The summed E-state index contributed by atoms with van der Waals surface area (Å²) in [5.41, 5.74) is 2.11. The van der Waals surface area contributed by atoms with Crippen LogP contribution in [0.15, 0.2) is 71.7 Å². The number of fused-ring (bicyclic) bond motifs is 1. The van der Waals surface area contributed by atoms with Gasteiger partial charge in [0.2, 0.25) is 5.43 Å². The summed E-state index contributed by atoms with van der Waals surface area (Å²) in [5, 5.41) is 4.12. The van der Waals surface area contributed by atoms with Gasteiger partial charge in [0.25, 0.3) is 5.91 Å². The molecule has 0 aliphatic carbocycles. The molecule has 1 fully saturated rings. The van der Waals surface area contributed by atoms with Crippen molar-refractivity contribution < 1.29 is 13.9 Å². The molecule has 2 heterocycles. The average Bonchev–Trinajstić information content (AvgIpc) is 2.91. The minimum atomic E-state index is -0.538. The van der Waals surface area contributed by atoms with Gasteiger partial charge in [-0.2, -0.15) is 0 Å². The Morgan fingerprint density at radius 1 is 0.946 bits per heavy atom. The van der Waals surface area contributed by atoms with Crippen molar-refractivity contribution in [3.05, 3.63) is 110 Å². The maximum Gasteiger partial charge on any atom is 0.257 e. The van der Waals surface area contributed by atoms with Gasteiger partial charge < -0.3 is 19.5 Å². The van der Waals surface area contributed by atoms with E-state index in [9.17, 15) is 9.59 Å². The number of nitrogens with zero attached hydrogens (tertiary/aromatic N) is 2. The van der Waals surface area contributed by atoms with Crippen LogP contribution in [0, 0.1) is 5.82 Å². The minimum Gasteiger partial charge on any atom is -0.378 e. The first-order chi connectivity index (χ1) is 17.9. The van der Waals surface area contributed by atoms with Crippen LogP contribution in [-0.2, 0) is 17.8 Å². The molecule has 0 saturated carbocycles. The number of amides is 1. The summed E-state index contributed by atoms with van der Waals surface area (Å²) in [6.45, 7) is 2.68. The number of anilines is 1. The van der Waals surface area contributed by atoms with Crippen LogP contribution < -0.4 is 15.6 Å². The molecule has 1 amide bonds. The van der Waals surface area contributed by atoms with Crippen molar-refractivity contribution in [2.75, 3.05) is 31.2 Å². The highest BCUT2D eigenvalue weighted by Gasteiger charge is 2.21. The van der Waals surface area contributed by atoms with Gasteiger partial charge in [-0.25, -0.2) is 4.39 Å². The van der Waals surface area contributed by atoms with E-state index in [-0.39, 0.29) is 17.5 Å². The molecule has 4 aromatic rings. The number of carbonyl (C=O) groups excluding carboxylic acids is 1. The maximum atomic E-state index is 15.3. The molecule has 0 radical (unpaired) electrons. The molecule has 190 valence electrons. The molecule has 9 heteroatoms. The van der Waals surface area contributed by atoms with Crippen LogP contribution in [0.4, 0.5) is 10.1 Å². The van der Waals surface area contributed by atoms with Gasteiger partial charge in [0.05, 0.1) is 24.4 Å². The van der Waals surface area contributed by atoms with Crippen LogP contribution in [0.3, 0.4) is 0 Å². The zero-order valence-corrected chi connectivity index (χ0v) is 21.4. The molecular formula is C28H24Cl2FN3O3. The Morgan fingerprint density at radius 3 is 2.22 bits per heavy atom. The van der Waals surface area contributed by atoms with Crippen molar-refractivity contribution in [1.82, 2.24) is 9.88 Å². The SMILES string of the molecule is O=C(NCc1ccc(Cl)cc1)c1cn(Cc2ccc(Cl)cc2)c2cc(N3CCOCC3)c(F)cc2c1=O. The number of ether oxygens (including phenoxy) is 1. The molecule has 3 aromatic carbocycles. The molecule has 0 atom stereocenters. The Hall–Kier alpha value is -3.39. The Labute approximate surface area is 223 Å². The number of rotatable bonds is 6. The van der Waals surface area contributed by atoms with E-state index in [0.29, 0.717) is 54.1 Å². The molecule has 1 aliphatic rings. The molecule has 0 unspecified atom stereocenters. The predicted octanol–water partition coefficient (Wildman–Crippen LogP) is 5.26. The summed E-state index contributed by atoms with van der Waals surface area (Å²) in [4.78, 5) is 28.4. The summed E-state index contributed by atoms with van der Waals surface area (Å²) in [6, 6.07) is 17.3. The summed E-state index contributed by atoms with van der Waals surface area (Å²) >= 11 is 12.0. The van der Waals surface area contributed by atoms with Gasteiger partial charge >= 0.3 is 0 Å². The van der Waals surface area contributed by atoms with Crippen molar-refractivity contribution in [3.63, 3.8) is 0 Å². The summed E-state index contributed by atoms with van der Waals surface area (Å²) in [7, 11) is 0. The van der Waals surface area contributed by atoms with E-state index in [4.69, 9.17) is 27.9 Å². The van der Waals surface area contributed by atoms with Gasteiger partial charge in [-0.05, 0) is 47.5 Å². The zero-order valence-electron chi connectivity index (χ0n) is 19.8. The van der Waals surface area contributed by atoms with Gasteiger partial charge in [0.15, 0.2) is 0 Å². The Kier molecular flexibility index (Phi) is 7.46. The van der Waals surface area contributed by atoms with Crippen molar-refractivity contribution in [3.8, 4) is 0 Å². The second-order valence-corrected chi connectivity index (χ2v) is 9.73. The van der Waals surface area contributed by atoms with Crippen molar-refractivity contribution in [2.45, 2.75) is 13.1 Å². The van der Waals surface area contributed by atoms with E-state index >= 15 is 4.39 Å². The van der Waals surface area contributed by atoms with Gasteiger partial charge in [-0.3, -0.25) is 9.59 Å². The van der Waals surface area contributed by atoms with Crippen molar-refractivity contribution in [1.29, 1.82) is 0 Å².